The van der Waals surface area contributed by atoms with Crippen LogP contribution < -0.4 is 11.5 Å². The Morgan fingerprint density at radius 3 is 2.86 bits per heavy atom. The van der Waals surface area contributed by atoms with Crippen molar-refractivity contribution in [1.29, 1.82) is 0 Å². The van der Waals surface area contributed by atoms with Crippen LogP contribution in [0.5, 0.6) is 0 Å². The van der Waals surface area contributed by atoms with Gasteiger partial charge in [0.05, 0.1) is 5.56 Å². The summed E-state index contributed by atoms with van der Waals surface area (Å²) >= 11 is 0. The van der Waals surface area contributed by atoms with E-state index >= 15 is 0 Å². The maximum atomic E-state index is 11.7. The third-order valence-electron chi connectivity index (χ3n) is 2.12. The van der Waals surface area contributed by atoms with Crippen LogP contribution >= 0.6 is 0 Å². The highest BCUT2D eigenvalue weighted by atomic mass is 16.1. The minimum atomic E-state index is -0.208. The van der Waals surface area contributed by atoms with Crippen molar-refractivity contribution in [3.8, 4) is 0 Å². The summed E-state index contributed by atoms with van der Waals surface area (Å²) in [5.74, 6) is 0.0306. The molecule has 1 aromatic heterocycles. The normalized spacial score (nSPS) is 12.5. The average Bonchev–Trinajstić information content (AvgIpc) is 2.19. The predicted octanol–water partition coefficient (Wildman–Crippen LogP) is 0.750. The molecule has 76 valence electrons. The van der Waals surface area contributed by atoms with Gasteiger partial charge in [-0.3, -0.25) is 4.79 Å². The Hall–Kier alpha value is -1.42. The van der Waals surface area contributed by atoms with Crippen molar-refractivity contribution in [2.75, 3.05) is 12.3 Å². The molecule has 0 aliphatic heterocycles. The molecule has 14 heavy (non-hydrogen) atoms. The van der Waals surface area contributed by atoms with E-state index in [4.69, 9.17) is 11.5 Å². The van der Waals surface area contributed by atoms with Gasteiger partial charge in [0.15, 0.2) is 5.78 Å². The standard InChI is InChI=1S/C10H15N3O/c1-6-3-8(10(12)13-5-6)9(14)7(2)4-11/h3,5,7H,4,11H2,1-2H3,(H2,12,13). The molecule has 0 fully saturated rings. The lowest BCUT2D eigenvalue weighted by Crippen LogP contribution is -2.22. The molecule has 1 rings (SSSR count). The number of pyridine rings is 1. The van der Waals surface area contributed by atoms with E-state index in [1.54, 1.807) is 19.2 Å². The number of ketones is 1. The van der Waals surface area contributed by atoms with E-state index < -0.39 is 0 Å². The summed E-state index contributed by atoms with van der Waals surface area (Å²) in [4.78, 5) is 15.7. The zero-order chi connectivity index (χ0) is 10.7. The summed E-state index contributed by atoms with van der Waals surface area (Å²) < 4.78 is 0. The molecule has 1 atom stereocenters. The molecule has 4 heteroatoms. The van der Waals surface area contributed by atoms with Crippen LogP contribution in [-0.4, -0.2) is 17.3 Å². The van der Waals surface area contributed by atoms with Gasteiger partial charge < -0.3 is 11.5 Å². The maximum absolute atomic E-state index is 11.7. The van der Waals surface area contributed by atoms with E-state index in [-0.39, 0.29) is 17.5 Å². The van der Waals surface area contributed by atoms with Gasteiger partial charge in [0, 0.05) is 18.7 Å². The molecule has 1 unspecified atom stereocenters. The number of nitrogens with zero attached hydrogens (tertiary/aromatic N) is 1. The summed E-state index contributed by atoms with van der Waals surface area (Å²) in [5.41, 5.74) is 12.4. The first-order valence-corrected chi connectivity index (χ1v) is 4.52. The van der Waals surface area contributed by atoms with Crippen LogP contribution in [0.25, 0.3) is 0 Å². The first-order chi connectivity index (χ1) is 6.56. The Balaban J connectivity index is 3.06. The lowest BCUT2D eigenvalue weighted by molar-refractivity contribution is 0.0935. The summed E-state index contributed by atoms with van der Waals surface area (Å²) in [6.07, 6.45) is 1.64. The first-order valence-electron chi connectivity index (χ1n) is 4.52. The largest absolute Gasteiger partial charge is 0.383 e. The number of rotatable bonds is 3. The molecule has 0 aliphatic rings. The number of hydrogen-bond acceptors (Lipinski definition) is 4. The molecule has 1 aromatic rings. The van der Waals surface area contributed by atoms with E-state index in [0.717, 1.165) is 5.56 Å². The fourth-order valence-corrected chi connectivity index (χ4v) is 1.15. The second-order valence-electron chi connectivity index (χ2n) is 3.45. The molecule has 0 radical (unpaired) electrons. The number of hydrogen-bond donors (Lipinski definition) is 2. The van der Waals surface area contributed by atoms with Gasteiger partial charge in [-0.25, -0.2) is 4.98 Å². The lowest BCUT2D eigenvalue weighted by Gasteiger charge is -2.09. The Morgan fingerprint density at radius 2 is 2.29 bits per heavy atom. The SMILES string of the molecule is Cc1cnc(N)c(C(=O)C(C)CN)c1. The zero-order valence-electron chi connectivity index (χ0n) is 8.45. The quantitative estimate of drug-likeness (QED) is 0.694. The number of aromatic nitrogens is 1. The smallest absolute Gasteiger partial charge is 0.170 e. The van der Waals surface area contributed by atoms with Crippen molar-refractivity contribution >= 4 is 11.6 Å². The molecule has 4 N–H and O–H groups in total. The van der Waals surface area contributed by atoms with E-state index in [9.17, 15) is 4.79 Å². The van der Waals surface area contributed by atoms with Gasteiger partial charge in [0.25, 0.3) is 0 Å². The Kier molecular flexibility index (Phi) is 3.19. The van der Waals surface area contributed by atoms with Crippen molar-refractivity contribution < 1.29 is 4.79 Å². The van der Waals surface area contributed by atoms with Crippen molar-refractivity contribution in [3.63, 3.8) is 0 Å². The van der Waals surface area contributed by atoms with Crippen LogP contribution in [0.3, 0.4) is 0 Å². The number of nitrogens with two attached hydrogens (primary N) is 2. The van der Waals surface area contributed by atoms with E-state index in [1.807, 2.05) is 6.92 Å². The highest BCUT2D eigenvalue weighted by molar-refractivity contribution is 6.01. The molecule has 0 bridgehead atoms. The average molecular weight is 193 g/mol. The third-order valence-corrected chi connectivity index (χ3v) is 2.12. The first kappa shape index (κ1) is 10.7. The number of carbonyl (C=O) groups is 1. The van der Waals surface area contributed by atoms with E-state index in [0.29, 0.717) is 12.1 Å². The summed E-state index contributed by atoms with van der Waals surface area (Å²) in [5, 5.41) is 0. The van der Waals surface area contributed by atoms with Crippen LogP contribution in [0.2, 0.25) is 0 Å². The Morgan fingerprint density at radius 1 is 1.64 bits per heavy atom. The summed E-state index contributed by atoms with van der Waals surface area (Å²) in [6.45, 7) is 3.98. The van der Waals surface area contributed by atoms with E-state index in [2.05, 4.69) is 4.98 Å². The molecule has 0 spiro atoms. The number of carbonyl (C=O) groups excluding carboxylic acids is 1. The van der Waals surface area contributed by atoms with Gasteiger partial charge in [-0.1, -0.05) is 6.92 Å². The lowest BCUT2D eigenvalue weighted by atomic mass is 9.99. The van der Waals surface area contributed by atoms with Gasteiger partial charge in [-0.05, 0) is 18.6 Å². The second-order valence-corrected chi connectivity index (χ2v) is 3.45. The summed E-state index contributed by atoms with van der Waals surface area (Å²) in [6, 6.07) is 1.75. The molecular weight excluding hydrogens is 178 g/mol. The van der Waals surface area contributed by atoms with Crippen LogP contribution in [0, 0.1) is 12.8 Å². The highest BCUT2D eigenvalue weighted by Gasteiger charge is 2.16. The van der Waals surface area contributed by atoms with Crippen molar-refractivity contribution in [3.05, 3.63) is 23.4 Å². The van der Waals surface area contributed by atoms with Crippen molar-refractivity contribution in [2.24, 2.45) is 11.7 Å². The van der Waals surface area contributed by atoms with E-state index in [1.165, 1.54) is 0 Å². The Bertz CT molecular complexity index is 349. The van der Waals surface area contributed by atoms with Crippen molar-refractivity contribution in [1.82, 2.24) is 4.98 Å². The fourth-order valence-electron chi connectivity index (χ4n) is 1.15. The number of anilines is 1. The minimum absolute atomic E-state index is 0.0406. The van der Waals surface area contributed by atoms with Gasteiger partial charge in [0.2, 0.25) is 0 Å². The maximum Gasteiger partial charge on any atom is 0.170 e. The number of aryl methyl sites for hydroxylation is 1. The summed E-state index contributed by atoms with van der Waals surface area (Å²) in [7, 11) is 0. The predicted molar refractivity (Wildman–Crippen MR) is 55.9 cm³/mol. The van der Waals surface area contributed by atoms with Crippen LogP contribution in [0.4, 0.5) is 5.82 Å². The van der Waals surface area contributed by atoms with Crippen LogP contribution in [0.15, 0.2) is 12.3 Å². The van der Waals surface area contributed by atoms with Gasteiger partial charge in [-0.15, -0.1) is 0 Å². The molecule has 4 nitrogen and oxygen atoms in total. The molecule has 0 amide bonds. The van der Waals surface area contributed by atoms with Gasteiger partial charge in [-0.2, -0.15) is 0 Å². The highest BCUT2D eigenvalue weighted by Crippen LogP contribution is 2.14. The van der Waals surface area contributed by atoms with Gasteiger partial charge in [0.1, 0.15) is 5.82 Å². The monoisotopic (exact) mass is 193 g/mol. The van der Waals surface area contributed by atoms with Crippen molar-refractivity contribution in [2.45, 2.75) is 13.8 Å². The van der Waals surface area contributed by atoms with Crippen LogP contribution in [-0.2, 0) is 0 Å². The Labute approximate surface area is 83.3 Å². The zero-order valence-corrected chi connectivity index (χ0v) is 8.45. The topological polar surface area (TPSA) is 82.0 Å². The number of nitrogen functional groups attached to an aromatic ring is 1. The molecular formula is C10H15N3O. The molecule has 0 saturated carbocycles. The number of Topliss-reactive ketones (excluding diaryl/α,β-unsaturated/α-hetero) is 1. The second kappa shape index (κ2) is 4.19. The van der Waals surface area contributed by atoms with Crippen LogP contribution in [0.1, 0.15) is 22.8 Å². The molecule has 0 aromatic carbocycles. The van der Waals surface area contributed by atoms with Gasteiger partial charge >= 0.3 is 0 Å². The fraction of sp³-hybridized carbons (Fsp3) is 0.400. The third kappa shape index (κ3) is 2.09. The molecule has 0 saturated heterocycles. The molecule has 0 aliphatic carbocycles. The molecule has 1 heterocycles. The minimum Gasteiger partial charge on any atom is -0.383 e.